The number of thiazole rings is 1. The van der Waals surface area contributed by atoms with Crippen molar-refractivity contribution in [3.8, 4) is 21.8 Å². The van der Waals surface area contributed by atoms with Crippen LogP contribution in [0, 0.1) is 0 Å². The van der Waals surface area contributed by atoms with E-state index >= 15 is 0 Å². The number of fused-ring (bicyclic) bond motifs is 1. The molecule has 0 aliphatic rings. The average Bonchev–Trinajstić information content (AvgIpc) is 3.14. The number of aromatic nitrogens is 4. The molecule has 6 heteroatoms. The molecule has 0 bridgehead atoms. The third-order valence-electron chi connectivity index (χ3n) is 3.28. The van der Waals surface area contributed by atoms with E-state index in [1.165, 1.54) is 11.3 Å². The van der Waals surface area contributed by atoms with E-state index in [2.05, 4.69) is 19.9 Å². The third-order valence-corrected chi connectivity index (χ3v) is 4.16. The van der Waals surface area contributed by atoms with Crippen LogP contribution >= 0.6 is 11.3 Å². The van der Waals surface area contributed by atoms with E-state index in [1.54, 1.807) is 24.5 Å². The monoisotopic (exact) mass is 294 g/mol. The quantitative estimate of drug-likeness (QED) is 0.596. The third kappa shape index (κ3) is 1.96. The van der Waals surface area contributed by atoms with Crippen molar-refractivity contribution in [2.45, 2.75) is 0 Å². The van der Waals surface area contributed by atoms with E-state index in [4.69, 9.17) is 0 Å². The van der Waals surface area contributed by atoms with Gasteiger partial charge in [0.25, 0.3) is 5.56 Å². The molecule has 0 saturated carbocycles. The van der Waals surface area contributed by atoms with Crippen molar-refractivity contribution in [1.82, 2.24) is 19.9 Å². The second-order valence-electron chi connectivity index (χ2n) is 4.55. The molecule has 4 aromatic heterocycles. The highest BCUT2D eigenvalue weighted by Gasteiger charge is 2.12. The first-order chi connectivity index (χ1) is 10.3. The van der Waals surface area contributed by atoms with Crippen molar-refractivity contribution in [2.24, 2.45) is 0 Å². The molecule has 21 heavy (non-hydrogen) atoms. The maximum absolute atomic E-state index is 11.8. The van der Waals surface area contributed by atoms with Gasteiger partial charge in [-0.2, -0.15) is 0 Å². The zero-order valence-electron chi connectivity index (χ0n) is 10.8. The minimum absolute atomic E-state index is 0.126. The summed E-state index contributed by atoms with van der Waals surface area (Å²) in [5.74, 6) is 0. The molecule has 0 aliphatic carbocycles. The summed E-state index contributed by atoms with van der Waals surface area (Å²) in [6.45, 7) is 0. The lowest BCUT2D eigenvalue weighted by Gasteiger charge is -1.94. The maximum Gasteiger partial charge on any atom is 0.258 e. The lowest BCUT2D eigenvalue weighted by atomic mass is 10.2. The minimum Gasteiger partial charge on any atom is -0.345 e. The number of aromatic amines is 2. The van der Waals surface area contributed by atoms with Crippen LogP contribution in [0.2, 0.25) is 0 Å². The highest BCUT2D eigenvalue weighted by Crippen LogP contribution is 2.31. The number of rotatable bonds is 2. The largest absolute Gasteiger partial charge is 0.345 e. The summed E-state index contributed by atoms with van der Waals surface area (Å²) < 4.78 is 0. The molecule has 0 atom stereocenters. The fraction of sp³-hybridized carbons (Fsp3) is 0. The fourth-order valence-electron chi connectivity index (χ4n) is 2.28. The zero-order chi connectivity index (χ0) is 14.2. The number of pyridine rings is 2. The minimum atomic E-state index is -0.126. The Balaban J connectivity index is 1.85. The molecular weight excluding hydrogens is 284 g/mol. The molecule has 0 aromatic carbocycles. The fourth-order valence-corrected chi connectivity index (χ4v) is 3.12. The van der Waals surface area contributed by atoms with Crippen LogP contribution in [0.3, 0.4) is 0 Å². The Kier molecular flexibility index (Phi) is 2.68. The van der Waals surface area contributed by atoms with Gasteiger partial charge in [0, 0.05) is 34.9 Å². The molecule has 0 unspecified atom stereocenters. The Morgan fingerprint density at radius 1 is 1.10 bits per heavy atom. The summed E-state index contributed by atoms with van der Waals surface area (Å²) in [7, 11) is 0. The van der Waals surface area contributed by atoms with Gasteiger partial charge in [0.15, 0.2) is 0 Å². The van der Waals surface area contributed by atoms with Gasteiger partial charge in [-0.1, -0.05) is 0 Å². The molecule has 5 nitrogen and oxygen atoms in total. The molecule has 4 aromatic rings. The van der Waals surface area contributed by atoms with E-state index in [9.17, 15) is 4.79 Å². The maximum atomic E-state index is 11.8. The van der Waals surface area contributed by atoms with E-state index < -0.39 is 0 Å². The van der Waals surface area contributed by atoms with Crippen LogP contribution in [-0.2, 0) is 0 Å². The van der Waals surface area contributed by atoms with Crippen LogP contribution in [0.1, 0.15) is 0 Å². The van der Waals surface area contributed by atoms with Crippen molar-refractivity contribution in [2.75, 3.05) is 0 Å². The van der Waals surface area contributed by atoms with Gasteiger partial charge in [-0.25, -0.2) is 9.97 Å². The summed E-state index contributed by atoms with van der Waals surface area (Å²) >= 11 is 1.46. The van der Waals surface area contributed by atoms with Gasteiger partial charge in [0.05, 0.1) is 11.3 Å². The van der Waals surface area contributed by atoms with Gasteiger partial charge in [0.1, 0.15) is 10.7 Å². The van der Waals surface area contributed by atoms with E-state index in [0.29, 0.717) is 10.6 Å². The number of hydrogen-bond acceptors (Lipinski definition) is 4. The first kappa shape index (κ1) is 12.0. The van der Waals surface area contributed by atoms with Crippen molar-refractivity contribution >= 4 is 22.4 Å². The lowest BCUT2D eigenvalue weighted by molar-refractivity contribution is 1.23. The number of H-pyrrole nitrogens is 2. The van der Waals surface area contributed by atoms with Crippen LogP contribution < -0.4 is 5.56 Å². The van der Waals surface area contributed by atoms with E-state index in [-0.39, 0.29) is 5.56 Å². The summed E-state index contributed by atoms with van der Waals surface area (Å²) in [5.41, 5.74) is 3.13. The topological polar surface area (TPSA) is 74.4 Å². The summed E-state index contributed by atoms with van der Waals surface area (Å²) in [6, 6.07) is 7.48. The van der Waals surface area contributed by atoms with Crippen molar-refractivity contribution in [3.63, 3.8) is 0 Å². The average molecular weight is 294 g/mol. The van der Waals surface area contributed by atoms with Crippen molar-refractivity contribution < 1.29 is 0 Å². The van der Waals surface area contributed by atoms with Crippen LogP contribution in [0.25, 0.3) is 32.9 Å². The Hall–Kier alpha value is -2.73. The highest BCUT2D eigenvalue weighted by atomic mass is 32.1. The first-order valence-electron chi connectivity index (χ1n) is 6.39. The van der Waals surface area contributed by atoms with Crippen molar-refractivity contribution in [3.05, 3.63) is 58.6 Å². The first-order valence-corrected chi connectivity index (χ1v) is 7.27. The Bertz CT molecular complexity index is 982. The van der Waals surface area contributed by atoms with Gasteiger partial charge in [-0.15, -0.1) is 11.3 Å². The lowest BCUT2D eigenvalue weighted by Crippen LogP contribution is -2.06. The van der Waals surface area contributed by atoms with Gasteiger partial charge >= 0.3 is 0 Å². The van der Waals surface area contributed by atoms with Crippen LogP contribution in [0.15, 0.2) is 53.0 Å². The summed E-state index contributed by atoms with van der Waals surface area (Å²) in [6.07, 6.45) is 5.26. The van der Waals surface area contributed by atoms with Crippen LogP contribution in [0.4, 0.5) is 0 Å². The molecule has 0 radical (unpaired) electrons. The number of nitrogens with one attached hydrogen (secondary N) is 2. The van der Waals surface area contributed by atoms with E-state index in [0.717, 1.165) is 22.3 Å². The number of hydrogen-bond donors (Lipinski definition) is 2. The Morgan fingerprint density at radius 2 is 2.05 bits per heavy atom. The molecule has 102 valence electrons. The summed E-state index contributed by atoms with van der Waals surface area (Å²) in [5, 5.41) is 3.69. The molecule has 0 aliphatic heterocycles. The molecule has 2 N–H and O–H groups in total. The predicted molar refractivity (Wildman–Crippen MR) is 83.3 cm³/mol. The molecule has 4 rings (SSSR count). The van der Waals surface area contributed by atoms with Crippen LogP contribution in [0.5, 0.6) is 0 Å². The zero-order valence-corrected chi connectivity index (χ0v) is 11.6. The molecular formula is C15H10N4OS. The SMILES string of the molecule is O=c1[nH]cccc1-c1nc(-c2c[nH]c3ncccc23)cs1. The van der Waals surface area contributed by atoms with Crippen molar-refractivity contribution in [1.29, 1.82) is 0 Å². The highest BCUT2D eigenvalue weighted by molar-refractivity contribution is 7.13. The van der Waals surface area contributed by atoms with Gasteiger partial charge < -0.3 is 9.97 Å². The predicted octanol–water partition coefficient (Wildman–Crippen LogP) is 3.04. The molecule has 0 fully saturated rings. The standard InChI is InChI=1S/C15H10N4OS/c20-14-10(4-2-6-17-14)15-19-12(8-21-15)11-7-18-13-9(11)3-1-5-16-13/h1-8H,(H,16,18)(H,17,20). The van der Waals surface area contributed by atoms with Gasteiger partial charge in [-0.3, -0.25) is 4.79 Å². The van der Waals surface area contributed by atoms with Crippen LogP contribution in [-0.4, -0.2) is 19.9 Å². The smallest absolute Gasteiger partial charge is 0.258 e. The normalized spacial score (nSPS) is 11.0. The van der Waals surface area contributed by atoms with Gasteiger partial charge in [-0.05, 0) is 24.3 Å². The molecule has 4 heterocycles. The molecule has 0 amide bonds. The Labute approximate surface area is 123 Å². The molecule has 0 saturated heterocycles. The van der Waals surface area contributed by atoms with Gasteiger partial charge in [0.2, 0.25) is 0 Å². The number of nitrogens with zero attached hydrogens (tertiary/aromatic N) is 2. The summed E-state index contributed by atoms with van der Waals surface area (Å²) in [4.78, 5) is 26.5. The molecule has 0 spiro atoms. The van der Waals surface area contributed by atoms with E-state index in [1.807, 2.05) is 23.7 Å². The second-order valence-corrected chi connectivity index (χ2v) is 5.41. The Morgan fingerprint density at radius 3 is 2.95 bits per heavy atom. The second kappa shape index (κ2) is 4.68.